The second kappa shape index (κ2) is 8.90. The number of hydrogen-bond acceptors (Lipinski definition) is 5. The fourth-order valence-corrected chi connectivity index (χ4v) is 3.86. The van der Waals surface area contributed by atoms with Crippen molar-refractivity contribution >= 4 is 23.6 Å². The van der Waals surface area contributed by atoms with Crippen LogP contribution in [0, 0.1) is 0 Å². The third-order valence-electron chi connectivity index (χ3n) is 4.59. The molecule has 8 nitrogen and oxygen atoms in total. The van der Waals surface area contributed by atoms with Crippen molar-refractivity contribution in [3.8, 4) is 0 Å². The van der Waals surface area contributed by atoms with Gasteiger partial charge in [-0.15, -0.1) is 5.10 Å². The first-order valence-electron chi connectivity index (χ1n) is 8.90. The normalized spacial score (nSPS) is 14.4. The van der Waals surface area contributed by atoms with Crippen LogP contribution < -0.4 is 5.69 Å². The molecule has 27 heavy (non-hydrogen) atoms. The van der Waals surface area contributed by atoms with Crippen molar-refractivity contribution < 1.29 is 9.59 Å². The van der Waals surface area contributed by atoms with E-state index in [0.717, 1.165) is 12.0 Å². The average molecular weight is 389 g/mol. The maximum Gasteiger partial charge on any atom is 0.343 e. The molecule has 1 N–H and O–H groups in total. The van der Waals surface area contributed by atoms with Gasteiger partial charge in [0.25, 0.3) is 0 Å². The third kappa shape index (κ3) is 5.00. The number of rotatable bonds is 6. The van der Waals surface area contributed by atoms with Crippen molar-refractivity contribution in [1.82, 2.24) is 24.6 Å². The monoisotopic (exact) mass is 389 g/mol. The molecule has 0 unspecified atom stereocenters. The van der Waals surface area contributed by atoms with Gasteiger partial charge in [-0.2, -0.15) is 0 Å². The fourth-order valence-electron chi connectivity index (χ4n) is 2.98. The molecule has 2 aromatic rings. The molecule has 1 aromatic heterocycles. The lowest BCUT2D eigenvalue weighted by Gasteiger charge is -2.34. The molecule has 1 fully saturated rings. The molecule has 0 radical (unpaired) electrons. The highest BCUT2D eigenvalue weighted by Crippen LogP contribution is 2.15. The van der Waals surface area contributed by atoms with Gasteiger partial charge in [0, 0.05) is 39.6 Å². The van der Waals surface area contributed by atoms with Gasteiger partial charge in [-0.3, -0.25) is 14.2 Å². The molecule has 144 valence electrons. The smallest absolute Gasteiger partial charge is 0.339 e. The summed E-state index contributed by atoms with van der Waals surface area (Å²) in [5.74, 6) is 0.249. The Hall–Kier alpha value is -2.55. The molecule has 0 bridgehead atoms. The highest BCUT2D eigenvalue weighted by atomic mass is 32.2. The number of aryl methyl sites for hydroxylation is 1. The summed E-state index contributed by atoms with van der Waals surface area (Å²) in [7, 11) is 0. The molecule has 1 aliphatic heterocycles. The Morgan fingerprint density at radius 2 is 1.78 bits per heavy atom. The molecule has 0 saturated carbocycles. The van der Waals surface area contributed by atoms with Gasteiger partial charge in [-0.1, -0.05) is 42.1 Å². The second-order valence-corrected chi connectivity index (χ2v) is 7.32. The summed E-state index contributed by atoms with van der Waals surface area (Å²) < 4.78 is 1.57. The van der Waals surface area contributed by atoms with Crippen LogP contribution in [0.15, 0.2) is 40.3 Å². The number of nitrogens with one attached hydrogen (secondary N) is 1. The molecular weight excluding hydrogens is 366 g/mol. The highest BCUT2D eigenvalue weighted by Gasteiger charge is 2.23. The van der Waals surface area contributed by atoms with E-state index in [2.05, 4.69) is 10.2 Å². The van der Waals surface area contributed by atoms with Crippen LogP contribution in [0.2, 0.25) is 0 Å². The summed E-state index contributed by atoms with van der Waals surface area (Å²) >= 11 is 1.26. The minimum atomic E-state index is -0.268. The zero-order valence-corrected chi connectivity index (χ0v) is 16.1. The van der Waals surface area contributed by atoms with Gasteiger partial charge < -0.3 is 9.80 Å². The number of carbonyl (C=O) groups excluding carboxylic acids is 2. The van der Waals surface area contributed by atoms with Crippen LogP contribution in [0.25, 0.3) is 0 Å². The van der Waals surface area contributed by atoms with Crippen LogP contribution >= 0.6 is 11.8 Å². The maximum absolute atomic E-state index is 12.4. The lowest BCUT2D eigenvalue weighted by molar-refractivity contribution is -0.136. The highest BCUT2D eigenvalue weighted by molar-refractivity contribution is 7.99. The van der Waals surface area contributed by atoms with E-state index in [-0.39, 0.29) is 23.3 Å². The molecule has 9 heteroatoms. The second-order valence-electron chi connectivity index (χ2n) is 6.37. The lowest BCUT2D eigenvalue weighted by atomic mass is 10.1. The van der Waals surface area contributed by atoms with E-state index < -0.39 is 0 Å². The Bertz CT molecular complexity index is 840. The van der Waals surface area contributed by atoms with Gasteiger partial charge in [-0.05, 0) is 12.0 Å². The summed E-state index contributed by atoms with van der Waals surface area (Å²) in [6.07, 6.45) is 0.717. The number of benzene rings is 1. The SMILES string of the molecule is CC(=O)N1CCN(C(=O)CSc2n[nH]c(=O)n2CCc2ccccc2)CC1. The number of aromatic nitrogens is 3. The van der Waals surface area contributed by atoms with Crippen molar-refractivity contribution in [2.75, 3.05) is 31.9 Å². The molecule has 0 atom stereocenters. The fraction of sp³-hybridized carbons (Fsp3) is 0.444. The van der Waals surface area contributed by atoms with E-state index in [1.165, 1.54) is 11.8 Å². The zero-order valence-electron chi connectivity index (χ0n) is 15.3. The Balaban J connectivity index is 1.53. The van der Waals surface area contributed by atoms with Crippen molar-refractivity contribution in [1.29, 1.82) is 0 Å². The molecule has 2 amide bonds. The molecule has 0 spiro atoms. The largest absolute Gasteiger partial charge is 0.343 e. The predicted molar refractivity (Wildman–Crippen MR) is 103 cm³/mol. The molecule has 3 rings (SSSR count). The van der Waals surface area contributed by atoms with Gasteiger partial charge in [-0.25, -0.2) is 9.89 Å². The van der Waals surface area contributed by atoms with E-state index in [0.29, 0.717) is 37.9 Å². The molecule has 0 aliphatic carbocycles. The minimum Gasteiger partial charge on any atom is -0.339 e. The maximum atomic E-state index is 12.4. The van der Waals surface area contributed by atoms with Gasteiger partial charge in [0.05, 0.1) is 5.75 Å². The lowest BCUT2D eigenvalue weighted by Crippen LogP contribution is -2.50. The first-order valence-corrected chi connectivity index (χ1v) is 9.88. The Morgan fingerprint density at radius 1 is 1.11 bits per heavy atom. The summed E-state index contributed by atoms with van der Waals surface area (Å²) in [4.78, 5) is 39.3. The summed E-state index contributed by atoms with van der Waals surface area (Å²) in [5, 5.41) is 7.03. The molecule has 1 aromatic carbocycles. The standard InChI is InChI=1S/C18H23N5O3S/c1-14(24)21-9-11-22(12-10-21)16(25)13-27-18-20-19-17(26)23(18)8-7-15-5-3-2-4-6-15/h2-6H,7-13H2,1H3,(H,19,26). The van der Waals surface area contributed by atoms with Crippen molar-refractivity contribution in [3.05, 3.63) is 46.4 Å². The van der Waals surface area contributed by atoms with Crippen molar-refractivity contribution in [3.63, 3.8) is 0 Å². The number of amides is 2. The Labute approximate surface area is 161 Å². The molecular formula is C18H23N5O3S. The van der Waals surface area contributed by atoms with Crippen LogP contribution in [-0.2, 0) is 22.6 Å². The Morgan fingerprint density at radius 3 is 2.44 bits per heavy atom. The van der Waals surface area contributed by atoms with E-state index in [9.17, 15) is 14.4 Å². The molecule has 2 heterocycles. The minimum absolute atomic E-state index is 0.00624. The van der Waals surface area contributed by atoms with Gasteiger partial charge in [0.15, 0.2) is 5.16 Å². The first-order chi connectivity index (χ1) is 13.0. The molecule has 1 aliphatic rings. The van der Waals surface area contributed by atoms with Crippen molar-refractivity contribution in [2.45, 2.75) is 25.0 Å². The van der Waals surface area contributed by atoms with E-state index in [1.54, 1.807) is 21.3 Å². The van der Waals surface area contributed by atoms with Gasteiger partial charge in [0.1, 0.15) is 0 Å². The quantitative estimate of drug-likeness (QED) is 0.731. The Kier molecular flexibility index (Phi) is 6.33. The van der Waals surface area contributed by atoms with Crippen LogP contribution in [0.1, 0.15) is 12.5 Å². The van der Waals surface area contributed by atoms with Crippen LogP contribution in [-0.4, -0.2) is 68.3 Å². The number of nitrogens with zero attached hydrogens (tertiary/aromatic N) is 4. The topological polar surface area (TPSA) is 91.3 Å². The van der Waals surface area contributed by atoms with E-state index in [4.69, 9.17) is 0 Å². The molecule has 1 saturated heterocycles. The van der Waals surface area contributed by atoms with E-state index in [1.807, 2.05) is 30.3 Å². The van der Waals surface area contributed by atoms with Gasteiger partial charge >= 0.3 is 5.69 Å². The van der Waals surface area contributed by atoms with Crippen LogP contribution in [0.4, 0.5) is 0 Å². The van der Waals surface area contributed by atoms with Gasteiger partial charge in [0.2, 0.25) is 11.8 Å². The van der Waals surface area contributed by atoms with E-state index >= 15 is 0 Å². The first kappa shape index (κ1) is 19.2. The van der Waals surface area contributed by atoms with Crippen LogP contribution in [0.5, 0.6) is 0 Å². The summed E-state index contributed by atoms with van der Waals surface area (Å²) in [6.45, 7) is 4.26. The third-order valence-corrected chi connectivity index (χ3v) is 5.55. The van der Waals surface area contributed by atoms with Crippen molar-refractivity contribution in [2.24, 2.45) is 0 Å². The number of carbonyl (C=O) groups is 2. The van der Waals surface area contributed by atoms with Crippen LogP contribution in [0.3, 0.4) is 0 Å². The predicted octanol–water partition coefficient (Wildman–Crippen LogP) is 0.597. The summed E-state index contributed by atoms with van der Waals surface area (Å²) in [6, 6.07) is 9.92. The summed E-state index contributed by atoms with van der Waals surface area (Å²) in [5.41, 5.74) is 0.872. The zero-order chi connectivity index (χ0) is 19.2. The average Bonchev–Trinajstić information content (AvgIpc) is 3.05. The number of H-pyrrole nitrogens is 1. The number of piperazine rings is 1. The number of thioether (sulfide) groups is 1. The number of aromatic amines is 1. The number of hydrogen-bond donors (Lipinski definition) is 1.